The molecule has 1 fully saturated rings. The molecule has 2 aromatic heterocycles. The van der Waals surface area contributed by atoms with Crippen LogP contribution in [0, 0.1) is 0 Å². The number of piperazine rings is 1. The second-order valence-corrected chi connectivity index (χ2v) is 7.21. The van der Waals surface area contributed by atoms with E-state index in [1.165, 1.54) is 0 Å². The first-order chi connectivity index (χ1) is 14.7. The molecule has 0 atom stereocenters. The summed E-state index contributed by atoms with van der Waals surface area (Å²) in [5.41, 5.74) is 10.5. The lowest BCUT2D eigenvalue weighted by Gasteiger charge is -2.27. The van der Waals surface area contributed by atoms with E-state index in [0.29, 0.717) is 28.6 Å². The highest BCUT2D eigenvalue weighted by atomic mass is 16.2. The molecule has 1 amide bonds. The van der Waals surface area contributed by atoms with E-state index in [9.17, 15) is 4.79 Å². The molecule has 2 aromatic carbocycles. The van der Waals surface area contributed by atoms with Gasteiger partial charge in [-0.05, 0) is 24.3 Å². The lowest BCUT2D eigenvalue weighted by Crippen LogP contribution is -2.46. The van der Waals surface area contributed by atoms with Crippen molar-refractivity contribution in [3.05, 3.63) is 60.3 Å². The molecule has 0 bridgehead atoms. The van der Waals surface area contributed by atoms with Gasteiger partial charge in [0.1, 0.15) is 5.69 Å². The summed E-state index contributed by atoms with van der Waals surface area (Å²) in [5, 5.41) is 3.26. The first-order valence-electron chi connectivity index (χ1n) is 9.87. The van der Waals surface area contributed by atoms with Crippen LogP contribution >= 0.6 is 0 Å². The summed E-state index contributed by atoms with van der Waals surface area (Å²) in [6.45, 7) is 3.11. The van der Waals surface area contributed by atoms with E-state index in [4.69, 9.17) is 5.73 Å². The summed E-state index contributed by atoms with van der Waals surface area (Å²) in [6, 6.07) is 15.2. The van der Waals surface area contributed by atoms with Gasteiger partial charge in [0, 0.05) is 37.3 Å². The maximum Gasteiger partial charge on any atom is 0.253 e. The van der Waals surface area contributed by atoms with Crippen LogP contribution in [0.3, 0.4) is 0 Å². The number of nitrogens with two attached hydrogens (primary N) is 1. The molecule has 0 radical (unpaired) electrons. The minimum absolute atomic E-state index is 0.0504. The number of imidazole rings is 1. The van der Waals surface area contributed by atoms with Gasteiger partial charge in [-0.25, -0.2) is 15.0 Å². The lowest BCUT2D eigenvalue weighted by molar-refractivity contribution is 0.0736. The van der Waals surface area contributed by atoms with Crippen molar-refractivity contribution in [2.75, 3.05) is 31.9 Å². The molecule has 5 rings (SSSR count). The number of aromatic amines is 1. The van der Waals surface area contributed by atoms with Crippen LogP contribution < -0.4 is 11.1 Å². The minimum atomic E-state index is 0.0504. The number of nitrogens with one attached hydrogen (secondary N) is 2. The van der Waals surface area contributed by atoms with Crippen molar-refractivity contribution < 1.29 is 4.79 Å². The van der Waals surface area contributed by atoms with Crippen LogP contribution in [0.1, 0.15) is 10.4 Å². The van der Waals surface area contributed by atoms with Gasteiger partial charge in [0.2, 0.25) is 0 Å². The average molecular weight is 399 g/mol. The standard InChI is InChI=1S/C22H21N7O/c23-20-19(21-27-16-3-1-2-4-17(16)28-21)26-18(13-25-20)14-5-7-15(8-6-14)22(30)29-11-9-24-10-12-29/h1-8,13,24H,9-12H2,(H2,23,25)(H,27,28). The zero-order chi connectivity index (χ0) is 20.5. The molecule has 1 aliphatic heterocycles. The highest BCUT2D eigenvalue weighted by Gasteiger charge is 2.18. The van der Waals surface area contributed by atoms with E-state index in [1.54, 1.807) is 6.20 Å². The molecular formula is C22H21N7O. The fourth-order valence-corrected chi connectivity index (χ4v) is 3.61. The molecule has 30 heavy (non-hydrogen) atoms. The number of nitrogen functional groups attached to an aromatic ring is 1. The highest BCUT2D eigenvalue weighted by Crippen LogP contribution is 2.26. The monoisotopic (exact) mass is 399 g/mol. The summed E-state index contributed by atoms with van der Waals surface area (Å²) in [6.07, 6.45) is 1.63. The van der Waals surface area contributed by atoms with Crippen LogP contribution in [0.5, 0.6) is 0 Å². The molecule has 1 aliphatic rings. The fourth-order valence-electron chi connectivity index (χ4n) is 3.61. The predicted octanol–water partition coefficient (Wildman–Crippen LogP) is 2.31. The van der Waals surface area contributed by atoms with Gasteiger partial charge in [-0.3, -0.25) is 4.79 Å². The van der Waals surface area contributed by atoms with Gasteiger partial charge in [0.05, 0.1) is 22.9 Å². The van der Waals surface area contributed by atoms with Crippen LogP contribution in [0.25, 0.3) is 33.8 Å². The molecular weight excluding hydrogens is 378 g/mol. The van der Waals surface area contributed by atoms with Crippen molar-refractivity contribution in [2.24, 2.45) is 0 Å². The molecule has 0 spiro atoms. The van der Waals surface area contributed by atoms with E-state index < -0.39 is 0 Å². The second-order valence-electron chi connectivity index (χ2n) is 7.21. The summed E-state index contributed by atoms with van der Waals surface area (Å²) in [7, 11) is 0. The Morgan fingerprint density at radius 1 is 1.00 bits per heavy atom. The summed E-state index contributed by atoms with van der Waals surface area (Å²) in [4.78, 5) is 31.3. The van der Waals surface area contributed by atoms with Gasteiger partial charge in [0.15, 0.2) is 11.6 Å². The number of para-hydroxylation sites is 2. The third-order valence-corrected chi connectivity index (χ3v) is 5.25. The number of nitrogens with zero attached hydrogens (tertiary/aromatic N) is 4. The van der Waals surface area contributed by atoms with Crippen molar-refractivity contribution >= 4 is 22.8 Å². The average Bonchev–Trinajstić information content (AvgIpc) is 3.24. The largest absolute Gasteiger partial charge is 0.382 e. The summed E-state index contributed by atoms with van der Waals surface area (Å²) in [5.74, 6) is 0.936. The van der Waals surface area contributed by atoms with Gasteiger partial charge < -0.3 is 20.9 Å². The number of rotatable bonds is 3. The molecule has 0 saturated carbocycles. The van der Waals surface area contributed by atoms with Crippen LogP contribution in [-0.4, -0.2) is 56.9 Å². The zero-order valence-corrected chi connectivity index (χ0v) is 16.3. The maximum absolute atomic E-state index is 12.7. The van der Waals surface area contributed by atoms with Crippen LogP contribution in [-0.2, 0) is 0 Å². The Hall–Kier alpha value is -3.78. The number of aromatic nitrogens is 4. The smallest absolute Gasteiger partial charge is 0.253 e. The molecule has 1 saturated heterocycles. The molecule has 4 aromatic rings. The Balaban J connectivity index is 1.44. The van der Waals surface area contributed by atoms with Crippen molar-refractivity contribution in [1.82, 2.24) is 30.2 Å². The number of hydrogen-bond donors (Lipinski definition) is 3. The second kappa shape index (κ2) is 7.57. The van der Waals surface area contributed by atoms with Crippen LogP contribution in [0.2, 0.25) is 0 Å². The van der Waals surface area contributed by atoms with Crippen LogP contribution in [0.15, 0.2) is 54.7 Å². The Morgan fingerprint density at radius 2 is 1.77 bits per heavy atom. The van der Waals surface area contributed by atoms with E-state index >= 15 is 0 Å². The van der Waals surface area contributed by atoms with Crippen LogP contribution in [0.4, 0.5) is 5.82 Å². The normalized spacial score (nSPS) is 14.2. The molecule has 3 heterocycles. The van der Waals surface area contributed by atoms with E-state index in [1.807, 2.05) is 53.4 Å². The fraction of sp³-hybridized carbons (Fsp3) is 0.182. The number of carbonyl (C=O) groups excluding carboxylic acids is 1. The van der Waals surface area contributed by atoms with Gasteiger partial charge in [-0.15, -0.1) is 0 Å². The van der Waals surface area contributed by atoms with Crippen molar-refractivity contribution in [3.63, 3.8) is 0 Å². The quantitative estimate of drug-likeness (QED) is 0.487. The molecule has 150 valence electrons. The molecule has 8 heteroatoms. The summed E-state index contributed by atoms with van der Waals surface area (Å²) < 4.78 is 0. The number of carbonyl (C=O) groups is 1. The number of hydrogen-bond acceptors (Lipinski definition) is 6. The molecule has 4 N–H and O–H groups in total. The Labute approximate surface area is 173 Å². The Kier molecular flexibility index (Phi) is 4.61. The first-order valence-corrected chi connectivity index (χ1v) is 9.87. The lowest BCUT2D eigenvalue weighted by atomic mass is 10.1. The number of fused-ring (bicyclic) bond motifs is 1. The molecule has 0 aliphatic carbocycles. The predicted molar refractivity (Wildman–Crippen MR) is 116 cm³/mol. The van der Waals surface area contributed by atoms with Crippen molar-refractivity contribution in [1.29, 1.82) is 0 Å². The van der Waals surface area contributed by atoms with E-state index in [2.05, 4.69) is 25.3 Å². The van der Waals surface area contributed by atoms with E-state index in [0.717, 1.165) is 42.8 Å². The number of amides is 1. The Morgan fingerprint density at radius 3 is 2.53 bits per heavy atom. The van der Waals surface area contributed by atoms with Gasteiger partial charge in [-0.2, -0.15) is 0 Å². The maximum atomic E-state index is 12.7. The van der Waals surface area contributed by atoms with E-state index in [-0.39, 0.29) is 5.91 Å². The van der Waals surface area contributed by atoms with Gasteiger partial charge in [-0.1, -0.05) is 24.3 Å². The third kappa shape index (κ3) is 3.37. The number of anilines is 1. The number of H-pyrrole nitrogens is 1. The highest BCUT2D eigenvalue weighted by molar-refractivity contribution is 5.94. The third-order valence-electron chi connectivity index (χ3n) is 5.25. The van der Waals surface area contributed by atoms with Crippen molar-refractivity contribution in [2.45, 2.75) is 0 Å². The molecule has 8 nitrogen and oxygen atoms in total. The zero-order valence-electron chi connectivity index (χ0n) is 16.3. The van der Waals surface area contributed by atoms with Gasteiger partial charge >= 0.3 is 0 Å². The molecule has 0 unspecified atom stereocenters. The van der Waals surface area contributed by atoms with Crippen molar-refractivity contribution in [3.8, 4) is 22.8 Å². The first kappa shape index (κ1) is 18.3. The number of benzene rings is 2. The Bertz CT molecular complexity index is 1180. The van der Waals surface area contributed by atoms with Gasteiger partial charge in [0.25, 0.3) is 5.91 Å². The topological polar surface area (TPSA) is 113 Å². The SMILES string of the molecule is Nc1ncc(-c2ccc(C(=O)N3CCNCC3)cc2)nc1-c1nc2ccccc2[nH]1. The summed E-state index contributed by atoms with van der Waals surface area (Å²) >= 11 is 0. The minimum Gasteiger partial charge on any atom is -0.382 e.